The van der Waals surface area contributed by atoms with Gasteiger partial charge in [0.05, 0.1) is 0 Å². The van der Waals surface area contributed by atoms with Crippen LogP contribution in [0, 0.1) is 0 Å². The fourth-order valence-electron chi connectivity index (χ4n) is 7.71. The Hall–Kier alpha value is -2.11. The Morgan fingerprint density at radius 3 is 0.917 bits per heavy atom. The van der Waals surface area contributed by atoms with Crippen molar-refractivity contribution in [3.05, 3.63) is 24.3 Å². The minimum absolute atomic E-state index is 0.0692. The molecule has 0 saturated carbocycles. The van der Waals surface area contributed by atoms with Crippen LogP contribution < -0.4 is 0 Å². The van der Waals surface area contributed by atoms with Crippen LogP contribution in [-0.2, 0) is 28.6 Å². The average Bonchev–Trinajstić information content (AvgIpc) is 3.24. The van der Waals surface area contributed by atoms with Crippen LogP contribution in [0.4, 0.5) is 0 Å². The van der Waals surface area contributed by atoms with Crippen LogP contribution in [0.5, 0.6) is 0 Å². The molecule has 0 amide bonds. The van der Waals surface area contributed by atoms with Crippen LogP contribution >= 0.6 is 0 Å². The predicted molar refractivity (Wildman–Crippen MR) is 256 cm³/mol. The van der Waals surface area contributed by atoms with Crippen molar-refractivity contribution in [2.45, 2.75) is 290 Å². The molecule has 0 spiro atoms. The summed E-state index contributed by atoms with van der Waals surface area (Å²) in [7, 11) is 0. The molecule has 6 nitrogen and oxygen atoms in total. The molecule has 1 atom stereocenters. The first-order valence-electron chi connectivity index (χ1n) is 26.3. The smallest absolute Gasteiger partial charge is 0.306 e. The largest absolute Gasteiger partial charge is 0.462 e. The van der Waals surface area contributed by atoms with E-state index in [1.165, 1.54) is 180 Å². The number of rotatable bonds is 48. The summed E-state index contributed by atoms with van der Waals surface area (Å²) in [6.45, 7) is 6.59. The zero-order valence-corrected chi connectivity index (χ0v) is 40.2. The second-order valence-corrected chi connectivity index (χ2v) is 17.8. The standard InChI is InChI=1S/C54H100O6/c1-4-7-10-13-16-18-20-22-24-25-26-27-28-29-31-32-34-36-38-41-44-47-53(56)59-50-51(49-58-52(55)46-43-40-15-12-9-6-3)60-54(57)48-45-42-39-37-35-33-30-23-21-19-17-14-11-8-5-2/h20,22,25-26,51H,4-19,21,23-24,27-50H2,1-3H3/b22-20-,26-25-. The molecular weight excluding hydrogens is 745 g/mol. The molecule has 0 bridgehead atoms. The van der Waals surface area contributed by atoms with Gasteiger partial charge in [0, 0.05) is 19.3 Å². The Kier molecular flexibility index (Phi) is 47.8. The van der Waals surface area contributed by atoms with Crippen LogP contribution in [0.2, 0.25) is 0 Å². The van der Waals surface area contributed by atoms with Crippen molar-refractivity contribution in [3.63, 3.8) is 0 Å². The van der Waals surface area contributed by atoms with Crippen LogP contribution in [0.15, 0.2) is 24.3 Å². The Morgan fingerprint density at radius 1 is 0.333 bits per heavy atom. The molecule has 60 heavy (non-hydrogen) atoms. The van der Waals surface area contributed by atoms with Crippen LogP contribution in [0.3, 0.4) is 0 Å². The first-order valence-corrected chi connectivity index (χ1v) is 26.3. The number of carbonyl (C=O) groups is 3. The molecule has 0 heterocycles. The lowest BCUT2D eigenvalue weighted by atomic mass is 10.0. The maximum absolute atomic E-state index is 12.7. The summed E-state index contributed by atoms with van der Waals surface area (Å²) in [4.78, 5) is 37.7. The van der Waals surface area contributed by atoms with E-state index in [9.17, 15) is 14.4 Å². The molecule has 0 aliphatic rings. The Bertz CT molecular complexity index is 973. The van der Waals surface area contributed by atoms with Crippen molar-refractivity contribution in [3.8, 4) is 0 Å². The first kappa shape index (κ1) is 57.9. The lowest BCUT2D eigenvalue weighted by Crippen LogP contribution is -2.30. The molecule has 6 heteroatoms. The van der Waals surface area contributed by atoms with E-state index in [1.807, 2.05) is 0 Å². The molecule has 0 aromatic carbocycles. The van der Waals surface area contributed by atoms with Gasteiger partial charge in [-0.25, -0.2) is 0 Å². The third kappa shape index (κ3) is 46.9. The van der Waals surface area contributed by atoms with Gasteiger partial charge < -0.3 is 14.2 Å². The fourth-order valence-corrected chi connectivity index (χ4v) is 7.71. The van der Waals surface area contributed by atoms with Crippen LogP contribution in [0.1, 0.15) is 284 Å². The van der Waals surface area contributed by atoms with Gasteiger partial charge in [-0.3, -0.25) is 14.4 Å². The number of esters is 3. The molecule has 0 aromatic heterocycles. The highest BCUT2D eigenvalue weighted by atomic mass is 16.6. The number of ether oxygens (including phenoxy) is 3. The molecule has 0 aliphatic heterocycles. The summed E-state index contributed by atoms with van der Waals surface area (Å²) in [5.41, 5.74) is 0. The van der Waals surface area contributed by atoms with E-state index < -0.39 is 6.10 Å². The second-order valence-electron chi connectivity index (χ2n) is 17.8. The van der Waals surface area contributed by atoms with Crippen molar-refractivity contribution in [2.24, 2.45) is 0 Å². The third-order valence-electron chi connectivity index (χ3n) is 11.7. The van der Waals surface area contributed by atoms with Gasteiger partial charge in [0.2, 0.25) is 0 Å². The van der Waals surface area contributed by atoms with E-state index in [1.54, 1.807) is 0 Å². The minimum atomic E-state index is -0.765. The SMILES string of the molecule is CCCCCCC/C=C\C/C=C\CCCCCCCCCCCC(=O)OCC(COC(=O)CCCCCCCC)OC(=O)CCCCCCCCCCCCCCCCC. The molecule has 0 aliphatic carbocycles. The van der Waals surface area contributed by atoms with Crippen molar-refractivity contribution in [1.29, 1.82) is 0 Å². The van der Waals surface area contributed by atoms with Gasteiger partial charge in [-0.05, 0) is 51.4 Å². The monoisotopic (exact) mass is 845 g/mol. The van der Waals surface area contributed by atoms with Gasteiger partial charge in [-0.2, -0.15) is 0 Å². The van der Waals surface area contributed by atoms with E-state index >= 15 is 0 Å². The molecule has 0 fully saturated rings. The maximum atomic E-state index is 12.7. The zero-order chi connectivity index (χ0) is 43.7. The highest BCUT2D eigenvalue weighted by molar-refractivity contribution is 5.71. The van der Waals surface area contributed by atoms with Crippen molar-refractivity contribution >= 4 is 17.9 Å². The molecule has 0 N–H and O–H groups in total. The van der Waals surface area contributed by atoms with E-state index in [0.717, 1.165) is 64.2 Å². The Balaban J connectivity index is 4.15. The summed E-state index contributed by atoms with van der Waals surface area (Å²) >= 11 is 0. The number of hydrogen-bond acceptors (Lipinski definition) is 6. The summed E-state index contributed by atoms with van der Waals surface area (Å²) in [6.07, 6.45) is 56.2. The van der Waals surface area contributed by atoms with Gasteiger partial charge >= 0.3 is 17.9 Å². The zero-order valence-electron chi connectivity index (χ0n) is 40.2. The highest BCUT2D eigenvalue weighted by Gasteiger charge is 2.19. The number of carbonyl (C=O) groups excluding carboxylic acids is 3. The molecular formula is C54H100O6. The summed E-state index contributed by atoms with van der Waals surface area (Å²) in [5, 5.41) is 0. The van der Waals surface area contributed by atoms with Gasteiger partial charge in [-0.15, -0.1) is 0 Å². The molecule has 0 saturated heterocycles. The maximum Gasteiger partial charge on any atom is 0.306 e. The summed E-state index contributed by atoms with van der Waals surface area (Å²) in [6, 6.07) is 0. The average molecular weight is 845 g/mol. The lowest BCUT2D eigenvalue weighted by Gasteiger charge is -2.18. The van der Waals surface area contributed by atoms with E-state index in [-0.39, 0.29) is 31.1 Å². The highest BCUT2D eigenvalue weighted by Crippen LogP contribution is 2.16. The van der Waals surface area contributed by atoms with Gasteiger partial charge in [0.1, 0.15) is 13.2 Å². The van der Waals surface area contributed by atoms with Crippen LogP contribution in [0.25, 0.3) is 0 Å². The minimum Gasteiger partial charge on any atom is -0.462 e. The summed E-state index contributed by atoms with van der Waals surface area (Å²) in [5.74, 6) is -0.869. The number of allylic oxidation sites excluding steroid dienone is 4. The number of hydrogen-bond donors (Lipinski definition) is 0. The fraction of sp³-hybridized carbons (Fsp3) is 0.870. The Labute approximate surface area is 373 Å². The molecule has 1 unspecified atom stereocenters. The van der Waals surface area contributed by atoms with Gasteiger partial charge in [0.25, 0.3) is 0 Å². The van der Waals surface area contributed by atoms with E-state index in [4.69, 9.17) is 14.2 Å². The van der Waals surface area contributed by atoms with E-state index in [0.29, 0.717) is 19.3 Å². The molecule has 0 rings (SSSR count). The first-order chi connectivity index (χ1) is 29.5. The second kappa shape index (κ2) is 49.5. The molecule has 0 radical (unpaired) electrons. The third-order valence-corrected chi connectivity index (χ3v) is 11.7. The van der Waals surface area contributed by atoms with E-state index in [2.05, 4.69) is 45.1 Å². The Morgan fingerprint density at radius 2 is 0.600 bits per heavy atom. The molecule has 0 aromatic rings. The summed E-state index contributed by atoms with van der Waals surface area (Å²) < 4.78 is 16.7. The van der Waals surface area contributed by atoms with Crippen molar-refractivity contribution in [1.82, 2.24) is 0 Å². The van der Waals surface area contributed by atoms with Crippen molar-refractivity contribution in [2.75, 3.05) is 13.2 Å². The topological polar surface area (TPSA) is 78.9 Å². The van der Waals surface area contributed by atoms with Gasteiger partial charge in [0.15, 0.2) is 6.10 Å². The number of unbranched alkanes of at least 4 members (excludes halogenated alkanes) is 33. The lowest BCUT2D eigenvalue weighted by molar-refractivity contribution is -0.167. The molecule has 352 valence electrons. The van der Waals surface area contributed by atoms with Gasteiger partial charge in [-0.1, -0.05) is 238 Å². The normalized spacial score (nSPS) is 12.1. The van der Waals surface area contributed by atoms with Crippen LogP contribution in [-0.4, -0.2) is 37.2 Å². The quantitative estimate of drug-likeness (QED) is 0.0263. The van der Waals surface area contributed by atoms with Crippen molar-refractivity contribution < 1.29 is 28.6 Å². The predicted octanol–water partition coefficient (Wildman–Crippen LogP) is 17.2.